The third-order valence-corrected chi connectivity index (χ3v) is 4.23. The van der Waals surface area contributed by atoms with Crippen LogP contribution in [0.3, 0.4) is 0 Å². The van der Waals surface area contributed by atoms with Gasteiger partial charge in [0.05, 0.1) is 4.47 Å². The van der Waals surface area contributed by atoms with Gasteiger partial charge in [-0.05, 0) is 40.9 Å². The van der Waals surface area contributed by atoms with E-state index in [-0.39, 0.29) is 0 Å². The van der Waals surface area contributed by atoms with E-state index >= 15 is 0 Å². The number of H-pyrrole nitrogens is 1. The van der Waals surface area contributed by atoms with Crippen LogP contribution in [0.1, 0.15) is 22.6 Å². The van der Waals surface area contributed by atoms with Crippen molar-refractivity contribution in [2.24, 2.45) is 0 Å². The molecule has 0 aliphatic heterocycles. The SMILES string of the molecule is Cc1ccccc1Cc1nc(=S)c(Br)c(C)[nH]1. The zero-order chi connectivity index (χ0) is 12.4. The van der Waals surface area contributed by atoms with Crippen LogP contribution < -0.4 is 0 Å². The van der Waals surface area contributed by atoms with Crippen molar-refractivity contribution in [2.75, 3.05) is 0 Å². The lowest BCUT2D eigenvalue weighted by molar-refractivity contribution is 0.921. The first-order valence-electron chi connectivity index (χ1n) is 5.37. The molecule has 0 aliphatic rings. The standard InChI is InChI=1S/C13H13BrN2S/c1-8-5-3-4-6-10(8)7-11-15-9(2)12(14)13(17)16-11/h3-6H,7H2,1-2H3,(H,15,16,17). The molecular formula is C13H13BrN2S. The molecule has 2 rings (SSSR count). The van der Waals surface area contributed by atoms with Crippen LogP contribution in [-0.2, 0) is 6.42 Å². The maximum Gasteiger partial charge on any atom is 0.144 e. The minimum absolute atomic E-state index is 0.616. The molecule has 1 aromatic carbocycles. The number of halogens is 1. The molecule has 0 saturated carbocycles. The summed E-state index contributed by atoms with van der Waals surface area (Å²) in [6.45, 7) is 4.10. The Morgan fingerprint density at radius 3 is 2.65 bits per heavy atom. The number of aryl methyl sites for hydroxylation is 2. The Morgan fingerprint density at radius 2 is 2.00 bits per heavy atom. The van der Waals surface area contributed by atoms with Crippen LogP contribution in [0.4, 0.5) is 0 Å². The maximum absolute atomic E-state index is 5.20. The molecule has 0 spiro atoms. The van der Waals surface area contributed by atoms with Gasteiger partial charge in [0.2, 0.25) is 0 Å². The molecule has 1 N–H and O–H groups in total. The molecule has 2 aromatic rings. The molecule has 0 unspecified atom stereocenters. The van der Waals surface area contributed by atoms with Crippen molar-refractivity contribution < 1.29 is 0 Å². The number of aromatic amines is 1. The highest BCUT2D eigenvalue weighted by molar-refractivity contribution is 9.10. The average Bonchev–Trinajstić information content (AvgIpc) is 2.29. The van der Waals surface area contributed by atoms with Gasteiger partial charge in [0.15, 0.2) is 0 Å². The van der Waals surface area contributed by atoms with Crippen LogP contribution in [0.15, 0.2) is 28.7 Å². The summed E-state index contributed by atoms with van der Waals surface area (Å²) in [5.74, 6) is 0.907. The highest BCUT2D eigenvalue weighted by Gasteiger charge is 2.04. The zero-order valence-corrected chi connectivity index (χ0v) is 12.2. The van der Waals surface area contributed by atoms with E-state index in [0.29, 0.717) is 4.64 Å². The molecule has 17 heavy (non-hydrogen) atoms. The van der Waals surface area contributed by atoms with E-state index in [4.69, 9.17) is 12.2 Å². The Bertz CT molecular complexity index is 605. The molecule has 2 nitrogen and oxygen atoms in total. The molecule has 0 atom stereocenters. The van der Waals surface area contributed by atoms with Crippen molar-refractivity contribution in [3.8, 4) is 0 Å². The lowest BCUT2D eigenvalue weighted by atomic mass is 10.1. The number of aromatic nitrogens is 2. The Kier molecular flexibility index (Phi) is 3.74. The number of nitrogens with zero attached hydrogens (tertiary/aromatic N) is 1. The molecule has 88 valence electrons. The van der Waals surface area contributed by atoms with Gasteiger partial charge in [0.25, 0.3) is 0 Å². The molecule has 0 bridgehead atoms. The van der Waals surface area contributed by atoms with Crippen LogP contribution >= 0.6 is 28.1 Å². The molecule has 0 amide bonds. The zero-order valence-electron chi connectivity index (χ0n) is 9.75. The van der Waals surface area contributed by atoms with Gasteiger partial charge < -0.3 is 4.98 Å². The second-order valence-corrected chi connectivity index (χ2v) is 5.21. The van der Waals surface area contributed by atoms with Crippen LogP contribution in [0.2, 0.25) is 0 Å². The highest BCUT2D eigenvalue weighted by Crippen LogP contribution is 2.17. The fraction of sp³-hybridized carbons (Fsp3) is 0.231. The first-order chi connectivity index (χ1) is 8.08. The van der Waals surface area contributed by atoms with E-state index in [1.807, 2.05) is 19.1 Å². The van der Waals surface area contributed by atoms with Gasteiger partial charge in [0, 0.05) is 12.1 Å². The first-order valence-corrected chi connectivity index (χ1v) is 6.58. The van der Waals surface area contributed by atoms with Crippen LogP contribution in [0, 0.1) is 18.5 Å². The van der Waals surface area contributed by atoms with E-state index in [9.17, 15) is 0 Å². The number of benzene rings is 1. The Hall–Kier alpha value is -1.00. The van der Waals surface area contributed by atoms with E-state index in [0.717, 1.165) is 22.4 Å². The van der Waals surface area contributed by atoms with Crippen LogP contribution in [0.25, 0.3) is 0 Å². The summed E-state index contributed by atoms with van der Waals surface area (Å²) in [5.41, 5.74) is 3.56. The van der Waals surface area contributed by atoms with Gasteiger partial charge in [-0.25, -0.2) is 4.98 Å². The average molecular weight is 309 g/mol. The van der Waals surface area contributed by atoms with Gasteiger partial charge in [0.1, 0.15) is 10.5 Å². The molecule has 0 fully saturated rings. The summed E-state index contributed by atoms with van der Waals surface area (Å²) in [7, 11) is 0. The Labute approximate surface area is 114 Å². The van der Waals surface area contributed by atoms with Crippen LogP contribution in [0.5, 0.6) is 0 Å². The van der Waals surface area contributed by atoms with E-state index < -0.39 is 0 Å². The van der Waals surface area contributed by atoms with Crippen molar-refractivity contribution in [1.29, 1.82) is 0 Å². The molecule has 0 aliphatic carbocycles. The number of hydrogen-bond acceptors (Lipinski definition) is 2. The largest absolute Gasteiger partial charge is 0.346 e. The van der Waals surface area contributed by atoms with E-state index in [1.165, 1.54) is 11.1 Å². The topological polar surface area (TPSA) is 28.7 Å². The molecular weight excluding hydrogens is 296 g/mol. The fourth-order valence-electron chi connectivity index (χ4n) is 1.70. The number of hydrogen-bond donors (Lipinski definition) is 1. The van der Waals surface area contributed by atoms with Crippen molar-refractivity contribution >= 4 is 28.1 Å². The smallest absolute Gasteiger partial charge is 0.144 e. The minimum Gasteiger partial charge on any atom is -0.346 e. The first kappa shape index (κ1) is 12.5. The fourth-order valence-corrected chi connectivity index (χ4v) is 2.15. The van der Waals surface area contributed by atoms with Crippen molar-refractivity contribution in [3.05, 3.63) is 56.0 Å². The monoisotopic (exact) mass is 308 g/mol. The summed E-state index contributed by atoms with van der Waals surface area (Å²) in [4.78, 5) is 7.65. The molecule has 0 radical (unpaired) electrons. The summed E-state index contributed by atoms with van der Waals surface area (Å²) in [6, 6.07) is 8.31. The summed E-state index contributed by atoms with van der Waals surface area (Å²) in [6.07, 6.45) is 0.782. The van der Waals surface area contributed by atoms with Gasteiger partial charge in [-0.15, -0.1) is 0 Å². The predicted molar refractivity (Wildman–Crippen MR) is 75.8 cm³/mol. The second-order valence-electron chi connectivity index (χ2n) is 4.03. The van der Waals surface area contributed by atoms with E-state index in [1.54, 1.807) is 0 Å². The van der Waals surface area contributed by atoms with Gasteiger partial charge in [-0.3, -0.25) is 0 Å². The van der Waals surface area contributed by atoms with Crippen molar-refractivity contribution in [3.63, 3.8) is 0 Å². The van der Waals surface area contributed by atoms with Gasteiger partial charge >= 0.3 is 0 Å². The molecule has 1 aromatic heterocycles. The normalized spacial score (nSPS) is 10.5. The lowest BCUT2D eigenvalue weighted by Gasteiger charge is -2.07. The third kappa shape index (κ3) is 2.82. The van der Waals surface area contributed by atoms with E-state index in [2.05, 4.69) is 45.0 Å². The summed E-state index contributed by atoms with van der Waals surface area (Å²) < 4.78 is 1.49. The predicted octanol–water partition coefficient (Wildman–Crippen LogP) is 4.11. The lowest BCUT2D eigenvalue weighted by Crippen LogP contribution is -2.01. The number of rotatable bonds is 2. The number of nitrogens with one attached hydrogen (secondary N) is 1. The third-order valence-electron chi connectivity index (χ3n) is 2.70. The quantitative estimate of drug-likeness (QED) is 0.846. The summed E-state index contributed by atoms with van der Waals surface area (Å²) in [5, 5.41) is 0. The molecule has 1 heterocycles. The van der Waals surface area contributed by atoms with Gasteiger partial charge in [-0.2, -0.15) is 0 Å². The summed E-state index contributed by atoms with van der Waals surface area (Å²) >= 11 is 8.61. The highest BCUT2D eigenvalue weighted by atomic mass is 79.9. The molecule has 0 saturated heterocycles. The van der Waals surface area contributed by atoms with Crippen molar-refractivity contribution in [1.82, 2.24) is 9.97 Å². The Balaban J connectivity index is 2.38. The Morgan fingerprint density at radius 1 is 1.29 bits per heavy atom. The van der Waals surface area contributed by atoms with Crippen molar-refractivity contribution in [2.45, 2.75) is 20.3 Å². The van der Waals surface area contributed by atoms with Crippen LogP contribution in [-0.4, -0.2) is 9.97 Å². The molecule has 4 heteroatoms. The minimum atomic E-state index is 0.616. The maximum atomic E-state index is 5.20. The second kappa shape index (κ2) is 5.10. The van der Waals surface area contributed by atoms with Gasteiger partial charge in [-0.1, -0.05) is 36.5 Å².